The van der Waals surface area contributed by atoms with Crippen molar-refractivity contribution in [2.24, 2.45) is 0 Å². The van der Waals surface area contributed by atoms with E-state index in [9.17, 15) is 0 Å². The number of benzene rings is 1. The Morgan fingerprint density at radius 3 is 2.84 bits per heavy atom. The van der Waals surface area contributed by atoms with Crippen LogP contribution < -0.4 is 9.64 Å². The summed E-state index contributed by atoms with van der Waals surface area (Å²) in [5, 5.41) is 0.488. The molecule has 2 aromatic rings. The zero-order chi connectivity index (χ0) is 13.8. The molecule has 0 amide bonds. The molecule has 100 valence electrons. The highest BCUT2D eigenvalue weighted by molar-refractivity contribution is 6.30. The first kappa shape index (κ1) is 13.6. The number of ether oxygens (including phenoxy) is 1. The predicted molar refractivity (Wildman–Crippen MR) is 76.9 cm³/mol. The van der Waals surface area contributed by atoms with E-state index in [2.05, 4.69) is 16.0 Å². The summed E-state index contributed by atoms with van der Waals surface area (Å²) in [6.45, 7) is 2.64. The summed E-state index contributed by atoms with van der Waals surface area (Å²) in [6.07, 6.45) is 1.48. The van der Waals surface area contributed by atoms with Crippen molar-refractivity contribution in [3.05, 3.63) is 46.9 Å². The minimum absolute atomic E-state index is 0.488. The van der Waals surface area contributed by atoms with Crippen LogP contribution in [0.2, 0.25) is 5.15 Å². The molecule has 0 aliphatic rings. The molecule has 2 rings (SSSR count). The van der Waals surface area contributed by atoms with Crippen LogP contribution in [-0.4, -0.2) is 24.1 Å². The monoisotopic (exact) mass is 277 g/mol. The number of anilines is 1. The average Bonchev–Trinajstić information content (AvgIpc) is 2.42. The van der Waals surface area contributed by atoms with Gasteiger partial charge >= 0.3 is 0 Å². The van der Waals surface area contributed by atoms with Crippen LogP contribution in [0.3, 0.4) is 0 Å². The summed E-state index contributed by atoms with van der Waals surface area (Å²) < 4.78 is 5.22. The number of nitrogens with zero attached hydrogens (tertiary/aromatic N) is 3. The van der Waals surface area contributed by atoms with Crippen LogP contribution in [0, 0.1) is 6.92 Å². The number of aromatic nitrogens is 2. The molecule has 0 bridgehead atoms. The maximum atomic E-state index is 6.01. The molecule has 4 nitrogen and oxygen atoms in total. The molecule has 0 saturated carbocycles. The fourth-order valence-corrected chi connectivity index (χ4v) is 2.05. The first-order chi connectivity index (χ1) is 9.11. The van der Waals surface area contributed by atoms with Crippen LogP contribution in [0.1, 0.15) is 11.1 Å². The lowest BCUT2D eigenvalue weighted by atomic mass is 10.2. The van der Waals surface area contributed by atoms with E-state index in [1.54, 1.807) is 7.11 Å². The van der Waals surface area contributed by atoms with E-state index in [0.717, 1.165) is 29.2 Å². The Morgan fingerprint density at radius 1 is 1.32 bits per heavy atom. The summed E-state index contributed by atoms with van der Waals surface area (Å²) >= 11 is 6.01. The number of rotatable bonds is 4. The van der Waals surface area contributed by atoms with Crippen molar-refractivity contribution >= 4 is 17.4 Å². The SMILES string of the molecule is COc1cccc(CN(C)c2ncnc(Cl)c2C)c1. The zero-order valence-corrected chi connectivity index (χ0v) is 12.0. The largest absolute Gasteiger partial charge is 0.497 e. The van der Waals surface area contributed by atoms with Crippen LogP contribution in [-0.2, 0) is 6.54 Å². The predicted octanol–water partition coefficient (Wildman–Crippen LogP) is 3.08. The minimum Gasteiger partial charge on any atom is -0.497 e. The van der Waals surface area contributed by atoms with Gasteiger partial charge in [-0.25, -0.2) is 9.97 Å². The summed E-state index contributed by atoms with van der Waals surface area (Å²) in [5.74, 6) is 1.69. The number of methoxy groups -OCH3 is 1. The molecule has 1 aromatic heterocycles. The van der Waals surface area contributed by atoms with Gasteiger partial charge in [-0.3, -0.25) is 0 Å². The van der Waals surface area contributed by atoms with Crippen molar-refractivity contribution in [1.82, 2.24) is 9.97 Å². The van der Waals surface area contributed by atoms with E-state index in [1.807, 2.05) is 37.1 Å². The first-order valence-corrected chi connectivity index (χ1v) is 6.30. The molecule has 0 saturated heterocycles. The van der Waals surface area contributed by atoms with E-state index in [4.69, 9.17) is 16.3 Å². The van der Waals surface area contributed by atoms with Crippen LogP contribution >= 0.6 is 11.6 Å². The second-order valence-electron chi connectivity index (χ2n) is 4.32. The maximum Gasteiger partial charge on any atom is 0.137 e. The van der Waals surface area contributed by atoms with Gasteiger partial charge in [-0.05, 0) is 24.6 Å². The van der Waals surface area contributed by atoms with Crippen molar-refractivity contribution in [3.8, 4) is 5.75 Å². The van der Waals surface area contributed by atoms with Crippen molar-refractivity contribution in [3.63, 3.8) is 0 Å². The van der Waals surface area contributed by atoms with E-state index in [1.165, 1.54) is 6.33 Å². The smallest absolute Gasteiger partial charge is 0.137 e. The van der Waals surface area contributed by atoms with Crippen LogP contribution in [0.4, 0.5) is 5.82 Å². The summed E-state index contributed by atoms with van der Waals surface area (Å²) in [5.41, 5.74) is 2.03. The quantitative estimate of drug-likeness (QED) is 0.805. The van der Waals surface area contributed by atoms with Gasteiger partial charge in [0.05, 0.1) is 7.11 Å². The molecule has 0 aliphatic heterocycles. The Balaban J connectivity index is 2.20. The average molecular weight is 278 g/mol. The third kappa shape index (κ3) is 3.15. The van der Waals surface area contributed by atoms with E-state index >= 15 is 0 Å². The van der Waals surface area contributed by atoms with Crippen LogP contribution in [0.5, 0.6) is 5.75 Å². The van der Waals surface area contributed by atoms with Gasteiger partial charge in [-0.15, -0.1) is 0 Å². The summed E-state index contributed by atoms with van der Waals surface area (Å²) in [6, 6.07) is 7.96. The molecule has 0 radical (unpaired) electrons. The van der Waals surface area contributed by atoms with Crippen molar-refractivity contribution in [1.29, 1.82) is 0 Å². The highest BCUT2D eigenvalue weighted by Gasteiger charge is 2.10. The number of halogens is 1. The minimum atomic E-state index is 0.488. The zero-order valence-electron chi connectivity index (χ0n) is 11.2. The van der Waals surface area contributed by atoms with Gasteiger partial charge in [0.2, 0.25) is 0 Å². The summed E-state index contributed by atoms with van der Waals surface area (Å²) in [4.78, 5) is 10.3. The Bertz CT molecular complexity index is 574. The molecule has 1 aromatic carbocycles. The summed E-state index contributed by atoms with van der Waals surface area (Å²) in [7, 11) is 3.64. The standard InChI is InChI=1S/C14H16ClN3O/c1-10-13(15)16-9-17-14(10)18(2)8-11-5-4-6-12(7-11)19-3/h4-7,9H,8H2,1-3H3. The van der Waals surface area contributed by atoms with Gasteiger partial charge < -0.3 is 9.64 Å². The molecule has 0 unspecified atom stereocenters. The van der Waals surface area contributed by atoms with Gasteiger partial charge in [-0.2, -0.15) is 0 Å². The molecule has 0 fully saturated rings. The molecular formula is C14H16ClN3O. The Kier molecular flexibility index (Phi) is 4.22. The van der Waals surface area contributed by atoms with Gasteiger partial charge in [0.25, 0.3) is 0 Å². The fourth-order valence-electron chi connectivity index (χ4n) is 1.92. The lowest BCUT2D eigenvalue weighted by molar-refractivity contribution is 0.414. The second kappa shape index (κ2) is 5.89. The van der Waals surface area contributed by atoms with Crippen molar-refractivity contribution < 1.29 is 4.74 Å². The Morgan fingerprint density at radius 2 is 2.11 bits per heavy atom. The highest BCUT2D eigenvalue weighted by Crippen LogP contribution is 2.23. The topological polar surface area (TPSA) is 38.2 Å². The third-order valence-corrected chi connectivity index (χ3v) is 3.29. The van der Waals surface area contributed by atoms with E-state index in [-0.39, 0.29) is 0 Å². The lowest BCUT2D eigenvalue weighted by Crippen LogP contribution is -2.19. The fraction of sp³-hybridized carbons (Fsp3) is 0.286. The van der Waals surface area contributed by atoms with Gasteiger partial charge in [0.15, 0.2) is 0 Å². The van der Waals surface area contributed by atoms with Crippen LogP contribution in [0.15, 0.2) is 30.6 Å². The first-order valence-electron chi connectivity index (χ1n) is 5.93. The van der Waals surface area contributed by atoms with Crippen molar-refractivity contribution in [2.75, 3.05) is 19.1 Å². The maximum absolute atomic E-state index is 6.01. The molecule has 1 heterocycles. The molecule has 0 spiro atoms. The van der Waals surface area contributed by atoms with Gasteiger partial charge in [0, 0.05) is 19.2 Å². The van der Waals surface area contributed by atoms with Gasteiger partial charge in [-0.1, -0.05) is 23.7 Å². The Hall–Kier alpha value is -1.81. The lowest BCUT2D eigenvalue weighted by Gasteiger charge is -2.20. The number of hydrogen-bond acceptors (Lipinski definition) is 4. The molecular weight excluding hydrogens is 262 g/mol. The molecule has 5 heteroatoms. The number of hydrogen-bond donors (Lipinski definition) is 0. The highest BCUT2D eigenvalue weighted by atomic mass is 35.5. The van der Waals surface area contributed by atoms with E-state index in [0.29, 0.717) is 5.15 Å². The Labute approximate surface area is 118 Å². The van der Waals surface area contributed by atoms with E-state index < -0.39 is 0 Å². The molecule has 0 N–H and O–H groups in total. The molecule has 0 atom stereocenters. The molecule has 19 heavy (non-hydrogen) atoms. The van der Waals surface area contributed by atoms with Gasteiger partial charge in [0.1, 0.15) is 23.0 Å². The van der Waals surface area contributed by atoms with Crippen LogP contribution in [0.25, 0.3) is 0 Å². The normalized spacial score (nSPS) is 10.3. The van der Waals surface area contributed by atoms with Crippen molar-refractivity contribution in [2.45, 2.75) is 13.5 Å². The molecule has 0 aliphatic carbocycles. The second-order valence-corrected chi connectivity index (χ2v) is 4.68. The third-order valence-electron chi connectivity index (χ3n) is 2.91.